The van der Waals surface area contributed by atoms with Crippen LogP contribution in [0.5, 0.6) is 17.2 Å². The van der Waals surface area contributed by atoms with Gasteiger partial charge in [0.1, 0.15) is 28.9 Å². The Balaban J connectivity index is 2.24. The largest absolute Gasteiger partial charge is 0.494 e. The summed E-state index contributed by atoms with van der Waals surface area (Å²) in [6.45, 7) is 2.58. The Morgan fingerprint density at radius 1 is 1.10 bits per heavy atom. The Labute approximate surface area is 123 Å². The van der Waals surface area contributed by atoms with Gasteiger partial charge >= 0.3 is 0 Å². The van der Waals surface area contributed by atoms with Gasteiger partial charge in [-0.2, -0.15) is 5.26 Å². The van der Waals surface area contributed by atoms with Crippen LogP contribution in [0.1, 0.15) is 12.5 Å². The zero-order valence-electron chi connectivity index (χ0n) is 11.4. The van der Waals surface area contributed by atoms with Crippen molar-refractivity contribution in [3.05, 3.63) is 48.0 Å². The number of hydrogen-bond donors (Lipinski definition) is 0. The third-order valence-corrected chi connectivity index (χ3v) is 3.46. The first kappa shape index (κ1) is 14.3. The lowest BCUT2D eigenvalue weighted by molar-refractivity contribution is 0.339. The Morgan fingerprint density at radius 3 is 2.40 bits per heavy atom. The lowest BCUT2D eigenvalue weighted by Gasteiger charge is -2.10. The highest BCUT2D eigenvalue weighted by Gasteiger charge is 2.09. The SMILES string of the molecule is CCOc1ccc(Oc2cccc(SC)c2C#N)cc1. The van der Waals surface area contributed by atoms with Crippen LogP contribution in [0.4, 0.5) is 0 Å². The minimum atomic E-state index is 0.564. The van der Waals surface area contributed by atoms with E-state index in [0.717, 1.165) is 10.6 Å². The van der Waals surface area contributed by atoms with Crippen molar-refractivity contribution in [1.29, 1.82) is 5.26 Å². The first-order valence-electron chi connectivity index (χ1n) is 6.26. The van der Waals surface area contributed by atoms with E-state index in [1.165, 1.54) is 11.8 Å². The van der Waals surface area contributed by atoms with Gasteiger partial charge in [0.05, 0.1) is 6.61 Å². The van der Waals surface area contributed by atoms with Crippen molar-refractivity contribution in [2.45, 2.75) is 11.8 Å². The second-order valence-electron chi connectivity index (χ2n) is 3.95. The van der Waals surface area contributed by atoms with Gasteiger partial charge in [0.2, 0.25) is 0 Å². The molecule has 0 aromatic heterocycles. The molecule has 102 valence electrons. The number of ether oxygens (including phenoxy) is 2. The van der Waals surface area contributed by atoms with Crippen LogP contribution >= 0.6 is 11.8 Å². The molecule has 2 aromatic rings. The summed E-state index contributed by atoms with van der Waals surface area (Å²) in [5.41, 5.74) is 0.564. The molecule has 0 N–H and O–H groups in total. The van der Waals surface area contributed by atoms with Crippen molar-refractivity contribution in [2.75, 3.05) is 12.9 Å². The van der Waals surface area contributed by atoms with Crippen LogP contribution in [0.3, 0.4) is 0 Å². The molecule has 0 amide bonds. The summed E-state index contributed by atoms with van der Waals surface area (Å²) in [4.78, 5) is 0.913. The highest BCUT2D eigenvalue weighted by atomic mass is 32.2. The third kappa shape index (κ3) is 3.25. The van der Waals surface area contributed by atoms with E-state index < -0.39 is 0 Å². The van der Waals surface area contributed by atoms with Gasteiger partial charge in [0, 0.05) is 4.90 Å². The summed E-state index contributed by atoms with van der Waals surface area (Å²) in [6.07, 6.45) is 1.94. The minimum Gasteiger partial charge on any atom is -0.494 e. The van der Waals surface area contributed by atoms with Gasteiger partial charge in [0.15, 0.2) is 0 Å². The molecule has 3 nitrogen and oxygen atoms in total. The average Bonchev–Trinajstić information content (AvgIpc) is 2.49. The van der Waals surface area contributed by atoms with E-state index in [1.54, 1.807) is 6.07 Å². The van der Waals surface area contributed by atoms with E-state index in [-0.39, 0.29) is 0 Å². The Kier molecular flexibility index (Phi) is 4.91. The summed E-state index contributed by atoms with van der Waals surface area (Å²) in [5, 5.41) is 9.26. The molecular weight excluding hydrogens is 270 g/mol. The van der Waals surface area contributed by atoms with E-state index in [0.29, 0.717) is 23.7 Å². The predicted molar refractivity (Wildman–Crippen MR) is 80.6 cm³/mol. The fraction of sp³-hybridized carbons (Fsp3) is 0.188. The van der Waals surface area contributed by atoms with Gasteiger partial charge in [-0.25, -0.2) is 0 Å². The van der Waals surface area contributed by atoms with Crippen LogP contribution in [0.15, 0.2) is 47.4 Å². The molecule has 0 bridgehead atoms. The molecule has 0 heterocycles. The predicted octanol–water partition coefficient (Wildman–Crippen LogP) is 4.47. The summed E-state index contributed by atoms with van der Waals surface area (Å²) < 4.78 is 11.2. The molecule has 20 heavy (non-hydrogen) atoms. The number of benzene rings is 2. The Bertz CT molecular complexity index is 617. The van der Waals surface area contributed by atoms with Gasteiger partial charge in [0.25, 0.3) is 0 Å². The molecule has 0 aliphatic carbocycles. The summed E-state index contributed by atoms with van der Waals surface area (Å²) in [6, 6.07) is 15.2. The monoisotopic (exact) mass is 285 g/mol. The number of nitrogens with zero attached hydrogens (tertiary/aromatic N) is 1. The summed E-state index contributed by atoms with van der Waals surface area (Å²) in [5.74, 6) is 2.06. The number of nitriles is 1. The maximum absolute atomic E-state index is 9.26. The maximum atomic E-state index is 9.26. The normalized spacial score (nSPS) is 9.85. The topological polar surface area (TPSA) is 42.2 Å². The van der Waals surface area contributed by atoms with Crippen molar-refractivity contribution in [1.82, 2.24) is 0 Å². The molecule has 0 spiro atoms. The van der Waals surface area contributed by atoms with Crippen molar-refractivity contribution >= 4 is 11.8 Å². The lowest BCUT2D eigenvalue weighted by atomic mass is 10.2. The summed E-state index contributed by atoms with van der Waals surface area (Å²) in [7, 11) is 0. The fourth-order valence-corrected chi connectivity index (χ4v) is 2.34. The quantitative estimate of drug-likeness (QED) is 0.760. The van der Waals surface area contributed by atoms with E-state index >= 15 is 0 Å². The zero-order chi connectivity index (χ0) is 14.4. The first-order valence-corrected chi connectivity index (χ1v) is 7.48. The molecular formula is C16H15NO2S. The fourth-order valence-electron chi connectivity index (χ4n) is 1.77. The molecule has 0 aliphatic heterocycles. The average molecular weight is 285 g/mol. The molecule has 0 saturated heterocycles. The second kappa shape index (κ2) is 6.88. The number of hydrogen-bond acceptors (Lipinski definition) is 4. The van der Waals surface area contributed by atoms with Gasteiger partial charge < -0.3 is 9.47 Å². The number of rotatable bonds is 5. The van der Waals surface area contributed by atoms with Crippen LogP contribution in [0.25, 0.3) is 0 Å². The van der Waals surface area contributed by atoms with Gasteiger partial charge in [-0.15, -0.1) is 11.8 Å². The van der Waals surface area contributed by atoms with E-state index in [1.807, 2.05) is 49.6 Å². The van der Waals surface area contributed by atoms with Gasteiger partial charge in [-0.1, -0.05) is 6.07 Å². The number of thioether (sulfide) groups is 1. The van der Waals surface area contributed by atoms with E-state index in [4.69, 9.17) is 9.47 Å². The Morgan fingerprint density at radius 2 is 1.80 bits per heavy atom. The van der Waals surface area contributed by atoms with Crippen molar-refractivity contribution in [2.24, 2.45) is 0 Å². The zero-order valence-corrected chi connectivity index (χ0v) is 12.2. The highest BCUT2D eigenvalue weighted by molar-refractivity contribution is 7.98. The third-order valence-electron chi connectivity index (χ3n) is 2.68. The van der Waals surface area contributed by atoms with Crippen molar-refractivity contribution < 1.29 is 9.47 Å². The van der Waals surface area contributed by atoms with Gasteiger partial charge in [-0.05, 0) is 49.6 Å². The smallest absolute Gasteiger partial charge is 0.146 e. The van der Waals surface area contributed by atoms with Crippen LogP contribution in [0, 0.1) is 11.3 Å². The Hall–Kier alpha value is -2.12. The molecule has 4 heteroatoms. The molecule has 0 radical (unpaired) electrons. The molecule has 0 atom stereocenters. The van der Waals surface area contributed by atoms with Crippen LogP contribution < -0.4 is 9.47 Å². The van der Waals surface area contributed by atoms with Crippen molar-refractivity contribution in [3.63, 3.8) is 0 Å². The lowest BCUT2D eigenvalue weighted by Crippen LogP contribution is -1.92. The molecule has 0 fully saturated rings. The molecule has 0 unspecified atom stereocenters. The van der Waals surface area contributed by atoms with E-state index in [9.17, 15) is 5.26 Å². The highest BCUT2D eigenvalue weighted by Crippen LogP contribution is 2.31. The molecule has 2 rings (SSSR count). The van der Waals surface area contributed by atoms with Crippen molar-refractivity contribution in [3.8, 4) is 23.3 Å². The first-order chi connectivity index (χ1) is 9.78. The molecule has 0 saturated carbocycles. The summed E-state index contributed by atoms with van der Waals surface area (Å²) >= 11 is 1.53. The molecule has 0 aliphatic rings. The van der Waals surface area contributed by atoms with Gasteiger partial charge in [-0.3, -0.25) is 0 Å². The van der Waals surface area contributed by atoms with Crippen LogP contribution in [0.2, 0.25) is 0 Å². The standard InChI is InChI=1S/C16H15NO2S/c1-3-18-12-7-9-13(10-8-12)19-15-5-4-6-16(20-2)14(15)11-17/h4-10H,3H2,1-2H3. The maximum Gasteiger partial charge on any atom is 0.146 e. The van der Waals surface area contributed by atoms with Crippen LogP contribution in [-0.2, 0) is 0 Å². The second-order valence-corrected chi connectivity index (χ2v) is 4.80. The van der Waals surface area contributed by atoms with E-state index in [2.05, 4.69) is 6.07 Å². The minimum absolute atomic E-state index is 0.564. The van der Waals surface area contributed by atoms with Crippen LogP contribution in [-0.4, -0.2) is 12.9 Å². The molecule has 2 aromatic carbocycles.